The van der Waals surface area contributed by atoms with Gasteiger partial charge in [0.1, 0.15) is 25.5 Å². The van der Waals surface area contributed by atoms with Crippen LogP contribution in [0.5, 0.6) is 0 Å². The third kappa shape index (κ3) is 7.38. The van der Waals surface area contributed by atoms with E-state index in [1.165, 1.54) is 0 Å². The van der Waals surface area contributed by atoms with Crippen molar-refractivity contribution >= 4 is 46.0 Å². The second-order valence-corrected chi connectivity index (χ2v) is 8.59. The Labute approximate surface area is 264 Å². The lowest BCUT2D eigenvalue weighted by Gasteiger charge is -2.07. The lowest BCUT2D eigenvalue weighted by Crippen LogP contribution is -3.00. The van der Waals surface area contributed by atoms with E-state index < -0.39 is 11.8 Å². The largest absolute Gasteiger partial charge is 1.00 e. The lowest BCUT2D eigenvalue weighted by atomic mass is 10.1. The Morgan fingerprint density at radius 1 is 0.625 bits per heavy atom. The number of benzene rings is 1. The van der Waals surface area contributed by atoms with E-state index >= 15 is 0 Å². The van der Waals surface area contributed by atoms with Crippen LogP contribution in [0.15, 0.2) is 95.7 Å². The quantitative estimate of drug-likeness (QED) is 0.0604. The number of aromatic nitrogens is 4. The molecular weight excluding hydrogens is 734 g/mol. The van der Waals surface area contributed by atoms with Crippen LogP contribution in [0.4, 0.5) is 0 Å². The van der Waals surface area contributed by atoms with Crippen molar-refractivity contribution in [3.63, 3.8) is 0 Å². The second-order valence-electron chi connectivity index (χ2n) is 8.59. The maximum absolute atomic E-state index is 12.7. The molecule has 40 heavy (non-hydrogen) atoms. The zero-order chi connectivity index (χ0) is 26.5. The van der Waals surface area contributed by atoms with E-state index in [1.807, 2.05) is 84.4 Å². The number of carbonyl (C=O) groups excluding carboxylic acids is 2. The summed E-state index contributed by atoms with van der Waals surface area (Å²) >= 11 is 0. The van der Waals surface area contributed by atoms with Crippen molar-refractivity contribution in [1.29, 1.82) is 0 Å². The fourth-order valence-corrected chi connectivity index (χ4v) is 3.66. The Morgan fingerprint density at radius 2 is 0.975 bits per heavy atom. The Balaban J connectivity index is 0.00000220. The Hall–Kier alpha value is -3.92. The first kappa shape index (κ1) is 30.6. The van der Waals surface area contributed by atoms with E-state index in [2.05, 4.69) is 31.0 Å². The summed E-state index contributed by atoms with van der Waals surface area (Å²) in [6.45, 7) is 0. The lowest BCUT2D eigenvalue weighted by molar-refractivity contribution is -0.671. The van der Waals surface area contributed by atoms with Gasteiger partial charge in [-0.2, -0.15) is 10.2 Å². The number of aryl methyl sites for hydroxylation is 2. The first-order valence-corrected chi connectivity index (χ1v) is 11.7. The third-order valence-corrected chi connectivity index (χ3v) is 5.75. The van der Waals surface area contributed by atoms with Gasteiger partial charge >= 0.3 is 0 Å². The predicted octanol–water partition coefficient (Wildman–Crippen LogP) is -4.03. The van der Waals surface area contributed by atoms with E-state index in [4.69, 9.17) is 0 Å². The molecule has 0 saturated heterocycles. The van der Waals surface area contributed by atoms with Crippen LogP contribution in [-0.2, 0) is 14.1 Å². The molecule has 0 bridgehead atoms. The molecule has 5 aromatic rings. The predicted molar refractivity (Wildman–Crippen MR) is 142 cm³/mol. The number of nitrogens with one attached hydrogen (secondary N) is 2. The van der Waals surface area contributed by atoms with Crippen LogP contribution in [0, 0.1) is 0 Å². The highest BCUT2D eigenvalue weighted by molar-refractivity contribution is 6.06. The van der Waals surface area contributed by atoms with Crippen molar-refractivity contribution in [2.75, 3.05) is 0 Å². The fourth-order valence-electron chi connectivity index (χ4n) is 3.66. The molecule has 0 aliphatic heterocycles. The number of hydrogen-bond donors (Lipinski definition) is 2. The average molecular weight is 758 g/mol. The van der Waals surface area contributed by atoms with Gasteiger partial charge < -0.3 is 48.0 Å². The molecule has 0 saturated carbocycles. The number of nitrogens with zero attached hydrogens (tertiary/aromatic N) is 6. The molecule has 10 nitrogen and oxygen atoms in total. The van der Waals surface area contributed by atoms with Gasteiger partial charge in [-0.25, -0.2) is 30.0 Å². The molecule has 0 aliphatic rings. The monoisotopic (exact) mass is 758 g/mol. The number of pyridine rings is 4. The Kier molecular flexibility index (Phi) is 10.7. The minimum atomic E-state index is -0.459. The number of amides is 2. The molecule has 1 aromatic carbocycles. The molecule has 0 unspecified atom stereocenters. The molecular formula is C28H24I2N8O2. The highest BCUT2D eigenvalue weighted by atomic mass is 127. The maximum atomic E-state index is 12.7. The van der Waals surface area contributed by atoms with E-state index in [1.54, 1.807) is 36.7 Å². The molecule has 4 heterocycles. The minimum Gasteiger partial charge on any atom is -1.00 e. The molecule has 5 rings (SSSR count). The summed E-state index contributed by atoms with van der Waals surface area (Å²) in [5.74, 6) is -0.918. The molecule has 0 aliphatic carbocycles. The van der Waals surface area contributed by atoms with E-state index in [0.717, 1.165) is 21.9 Å². The van der Waals surface area contributed by atoms with Crippen molar-refractivity contribution in [3.8, 4) is 0 Å². The summed E-state index contributed by atoms with van der Waals surface area (Å²) < 4.78 is 3.81. The van der Waals surface area contributed by atoms with Crippen molar-refractivity contribution in [2.24, 2.45) is 24.3 Å². The zero-order valence-electron chi connectivity index (χ0n) is 21.5. The molecule has 0 atom stereocenters. The summed E-state index contributed by atoms with van der Waals surface area (Å²) in [6.07, 6.45) is 10.7. The third-order valence-electron chi connectivity index (χ3n) is 5.75. The van der Waals surface area contributed by atoms with Gasteiger partial charge in [0, 0.05) is 46.2 Å². The molecule has 12 heteroatoms. The number of hydrogen-bond acceptors (Lipinski definition) is 6. The molecule has 0 spiro atoms. The topological polar surface area (TPSA) is 116 Å². The summed E-state index contributed by atoms with van der Waals surface area (Å²) in [5, 5.41) is 9.62. The summed E-state index contributed by atoms with van der Waals surface area (Å²) in [6, 6.07) is 18.1. The van der Waals surface area contributed by atoms with Crippen molar-refractivity contribution in [3.05, 3.63) is 108 Å². The standard InChI is InChI=1S/C28H22N8O2.2HI/c1-35-13-9-19(10-14-35)17-29-33-27(37)23-7-5-21-3-4-22-6-8-24(32-26(22)25(21)31-23)28(38)34-30-18-20-11-15-36(2)16-12-20;;/h3-18H,1-2H3;2*1H. The Morgan fingerprint density at radius 3 is 1.35 bits per heavy atom. The van der Waals surface area contributed by atoms with Crippen LogP contribution in [0.25, 0.3) is 21.8 Å². The second kappa shape index (κ2) is 13.9. The number of fused-ring (bicyclic) bond motifs is 3. The summed E-state index contributed by atoms with van der Waals surface area (Å²) in [4.78, 5) is 34.5. The van der Waals surface area contributed by atoms with Crippen LogP contribution in [-0.4, -0.2) is 34.2 Å². The van der Waals surface area contributed by atoms with Gasteiger partial charge in [0.05, 0.1) is 23.5 Å². The van der Waals surface area contributed by atoms with Gasteiger partial charge in [0.25, 0.3) is 11.8 Å². The van der Waals surface area contributed by atoms with Crippen LogP contribution in [0.1, 0.15) is 32.1 Å². The van der Waals surface area contributed by atoms with E-state index in [9.17, 15) is 9.59 Å². The highest BCUT2D eigenvalue weighted by Gasteiger charge is 2.13. The molecule has 4 aromatic heterocycles. The van der Waals surface area contributed by atoms with Crippen LogP contribution >= 0.6 is 0 Å². The van der Waals surface area contributed by atoms with Crippen molar-refractivity contribution in [1.82, 2.24) is 20.8 Å². The van der Waals surface area contributed by atoms with Gasteiger partial charge in [-0.05, 0) is 12.1 Å². The molecule has 0 fully saturated rings. The normalized spacial score (nSPS) is 10.8. The molecule has 2 amide bonds. The van der Waals surface area contributed by atoms with Gasteiger partial charge in [-0.1, -0.05) is 24.3 Å². The zero-order valence-corrected chi connectivity index (χ0v) is 25.8. The smallest absolute Gasteiger partial charge is 0.289 e. The number of rotatable bonds is 6. The number of halogens is 2. The van der Waals surface area contributed by atoms with Crippen LogP contribution in [0.3, 0.4) is 0 Å². The average Bonchev–Trinajstić information content (AvgIpc) is 2.94. The summed E-state index contributed by atoms with van der Waals surface area (Å²) in [7, 11) is 3.84. The van der Waals surface area contributed by atoms with Crippen molar-refractivity contribution in [2.45, 2.75) is 0 Å². The van der Waals surface area contributed by atoms with Crippen LogP contribution < -0.4 is 67.9 Å². The molecule has 2 N–H and O–H groups in total. The first-order valence-electron chi connectivity index (χ1n) is 11.7. The van der Waals surface area contributed by atoms with E-state index in [0.29, 0.717) is 11.0 Å². The first-order chi connectivity index (χ1) is 18.5. The van der Waals surface area contributed by atoms with Gasteiger partial charge in [-0.15, -0.1) is 0 Å². The van der Waals surface area contributed by atoms with Gasteiger partial charge in [-0.3, -0.25) is 9.59 Å². The highest BCUT2D eigenvalue weighted by Crippen LogP contribution is 2.23. The molecule has 202 valence electrons. The Bertz CT molecular complexity index is 1600. The fraction of sp³-hybridized carbons (Fsp3) is 0.0714. The minimum absolute atomic E-state index is 0. The molecule has 0 radical (unpaired) electrons. The van der Waals surface area contributed by atoms with E-state index in [-0.39, 0.29) is 59.3 Å². The van der Waals surface area contributed by atoms with Gasteiger partial charge in [0.2, 0.25) is 0 Å². The maximum Gasteiger partial charge on any atom is 0.289 e. The SMILES string of the molecule is C[n+]1ccc(C=NNC(=O)c2ccc3ccc4ccc(C(=O)NN=Cc5cc[n+](C)cc5)nc4c3n2)cc1.[I-].[I-]. The number of hydrazone groups is 2. The summed E-state index contributed by atoms with van der Waals surface area (Å²) in [5.41, 5.74) is 8.07. The van der Waals surface area contributed by atoms with Gasteiger partial charge in [0.15, 0.2) is 24.8 Å². The van der Waals surface area contributed by atoms with Crippen LogP contribution in [0.2, 0.25) is 0 Å². The van der Waals surface area contributed by atoms with Crippen molar-refractivity contribution < 1.29 is 66.7 Å². The number of carbonyl (C=O) groups is 2.